The third kappa shape index (κ3) is 6.60. The minimum absolute atomic E-state index is 0.0298. The summed E-state index contributed by atoms with van der Waals surface area (Å²) in [5.74, 6) is 1.86. The molecule has 2 saturated carbocycles. The number of carbonyl (C=O) groups excluding carboxylic acids is 2. The molecule has 2 aliphatic carbocycles. The summed E-state index contributed by atoms with van der Waals surface area (Å²) in [5, 5.41) is 0. The average Bonchev–Trinajstić information content (AvgIpc) is 3.45. The maximum Gasteiger partial charge on any atom is 0.312 e. The predicted octanol–water partition coefficient (Wildman–Crippen LogP) is 8.62. The van der Waals surface area contributed by atoms with Crippen LogP contribution in [0.1, 0.15) is 135 Å². The highest BCUT2D eigenvalue weighted by Crippen LogP contribution is 2.62. The third-order valence-corrected chi connectivity index (χ3v) is 11.9. The van der Waals surface area contributed by atoms with Gasteiger partial charge in [0.15, 0.2) is 0 Å². The Morgan fingerprint density at radius 3 is 1.73 bits per heavy atom. The Morgan fingerprint density at radius 2 is 1.30 bits per heavy atom. The van der Waals surface area contributed by atoms with Gasteiger partial charge in [-0.05, 0) is 98.7 Å². The monoisotopic (exact) mass is 562 g/mol. The molecule has 5 heteroatoms. The molecule has 0 radical (unpaired) electrons. The van der Waals surface area contributed by atoms with Crippen LogP contribution in [0.3, 0.4) is 0 Å². The standard InChI is InChI=1S/C35H62O5/c1-23-15-24-17-33(12,18-25(24)16-23)40-28(37)35(14,21-29(2,3)4)32(10,11)31(8,9)22-34(13,30(5,6)7)27(36)39-20-26-19-38-26/h23-26H,15-22H2,1-14H3. The Labute approximate surface area is 246 Å². The van der Waals surface area contributed by atoms with Gasteiger partial charge >= 0.3 is 11.9 Å². The Morgan fingerprint density at radius 1 is 0.800 bits per heavy atom. The van der Waals surface area contributed by atoms with Crippen LogP contribution >= 0.6 is 0 Å². The van der Waals surface area contributed by atoms with E-state index in [1.54, 1.807) is 0 Å². The third-order valence-electron chi connectivity index (χ3n) is 11.9. The summed E-state index contributed by atoms with van der Waals surface area (Å²) in [7, 11) is 0. The summed E-state index contributed by atoms with van der Waals surface area (Å²) in [6.07, 6.45) is 5.78. The first-order chi connectivity index (χ1) is 17.9. The first kappa shape index (κ1) is 33.4. The molecule has 3 rings (SSSR count). The van der Waals surface area contributed by atoms with Crippen LogP contribution in [-0.2, 0) is 23.8 Å². The Bertz CT molecular complexity index is 932. The van der Waals surface area contributed by atoms with Crippen LogP contribution in [0.4, 0.5) is 0 Å². The van der Waals surface area contributed by atoms with E-state index in [2.05, 4.69) is 90.0 Å². The van der Waals surface area contributed by atoms with Gasteiger partial charge in [0.25, 0.3) is 0 Å². The lowest BCUT2D eigenvalue weighted by molar-refractivity contribution is -0.192. The summed E-state index contributed by atoms with van der Waals surface area (Å²) < 4.78 is 17.7. The Balaban J connectivity index is 1.92. The summed E-state index contributed by atoms with van der Waals surface area (Å²) in [6, 6.07) is 0. The average molecular weight is 563 g/mol. The molecule has 0 aromatic carbocycles. The second-order valence-corrected chi connectivity index (χ2v) is 18.2. The highest BCUT2D eigenvalue weighted by atomic mass is 16.6. The molecule has 0 bridgehead atoms. The number of carbonyl (C=O) groups is 2. The highest BCUT2D eigenvalue weighted by Gasteiger charge is 2.61. The zero-order valence-corrected chi connectivity index (χ0v) is 28.5. The number of fused-ring (bicyclic) bond motifs is 1. The molecule has 1 saturated heterocycles. The Hall–Kier alpha value is -1.10. The minimum atomic E-state index is -0.757. The molecule has 5 nitrogen and oxygen atoms in total. The molecule has 232 valence electrons. The lowest BCUT2D eigenvalue weighted by atomic mass is 9.47. The quantitative estimate of drug-likeness (QED) is 0.197. The van der Waals surface area contributed by atoms with Crippen LogP contribution < -0.4 is 0 Å². The van der Waals surface area contributed by atoms with Crippen molar-refractivity contribution in [3.63, 3.8) is 0 Å². The fourth-order valence-electron chi connectivity index (χ4n) is 8.22. The van der Waals surface area contributed by atoms with E-state index in [9.17, 15) is 9.59 Å². The van der Waals surface area contributed by atoms with E-state index in [-0.39, 0.29) is 28.9 Å². The van der Waals surface area contributed by atoms with Crippen molar-refractivity contribution >= 4 is 11.9 Å². The lowest BCUT2D eigenvalue weighted by Gasteiger charge is -2.57. The Kier molecular flexibility index (Phi) is 8.82. The molecule has 0 spiro atoms. The van der Waals surface area contributed by atoms with E-state index in [4.69, 9.17) is 14.2 Å². The molecule has 0 aromatic heterocycles. The molecule has 5 atom stereocenters. The van der Waals surface area contributed by atoms with E-state index in [1.165, 1.54) is 12.8 Å². The van der Waals surface area contributed by atoms with Gasteiger partial charge in [0.2, 0.25) is 0 Å². The number of esters is 2. The number of ether oxygens (including phenoxy) is 3. The molecular formula is C35H62O5. The van der Waals surface area contributed by atoms with Gasteiger partial charge in [-0.3, -0.25) is 9.59 Å². The maximum absolute atomic E-state index is 14.5. The van der Waals surface area contributed by atoms with Gasteiger partial charge in [0.1, 0.15) is 18.3 Å². The SMILES string of the molecule is CC1CC2CC(C)(OC(=O)C(C)(CC(C)(C)C)C(C)(C)C(C)(C)CC(C)(C(=O)OCC3CO3)C(C)(C)C)CC2C1. The fourth-order valence-corrected chi connectivity index (χ4v) is 8.22. The lowest BCUT2D eigenvalue weighted by Crippen LogP contribution is -2.56. The predicted molar refractivity (Wildman–Crippen MR) is 162 cm³/mol. The number of hydrogen-bond donors (Lipinski definition) is 0. The van der Waals surface area contributed by atoms with Gasteiger partial charge in [-0.2, -0.15) is 0 Å². The molecule has 1 heterocycles. The van der Waals surface area contributed by atoms with E-state index in [0.717, 1.165) is 18.8 Å². The van der Waals surface area contributed by atoms with Crippen molar-refractivity contribution in [1.82, 2.24) is 0 Å². The molecule has 0 N–H and O–H groups in total. The van der Waals surface area contributed by atoms with Crippen molar-refractivity contribution in [1.29, 1.82) is 0 Å². The fraction of sp³-hybridized carbons (Fsp3) is 0.943. The topological polar surface area (TPSA) is 65.1 Å². The van der Waals surface area contributed by atoms with Gasteiger partial charge in [-0.1, -0.05) is 76.2 Å². The molecule has 0 amide bonds. The van der Waals surface area contributed by atoms with Crippen LogP contribution in [-0.4, -0.2) is 36.9 Å². The largest absolute Gasteiger partial charge is 0.462 e. The zero-order valence-electron chi connectivity index (χ0n) is 28.5. The summed E-state index contributed by atoms with van der Waals surface area (Å²) in [4.78, 5) is 28.2. The van der Waals surface area contributed by atoms with E-state index in [0.29, 0.717) is 37.9 Å². The van der Waals surface area contributed by atoms with Gasteiger partial charge in [0.05, 0.1) is 17.4 Å². The maximum atomic E-state index is 14.5. The smallest absolute Gasteiger partial charge is 0.312 e. The van der Waals surface area contributed by atoms with Crippen molar-refractivity contribution in [2.75, 3.05) is 13.2 Å². The first-order valence-electron chi connectivity index (χ1n) is 15.9. The molecule has 5 unspecified atom stereocenters. The molecule has 1 aliphatic heterocycles. The van der Waals surface area contributed by atoms with E-state index in [1.807, 2.05) is 6.92 Å². The highest BCUT2D eigenvalue weighted by molar-refractivity contribution is 5.79. The second-order valence-electron chi connectivity index (χ2n) is 18.2. The van der Waals surface area contributed by atoms with E-state index < -0.39 is 27.3 Å². The van der Waals surface area contributed by atoms with Crippen LogP contribution in [0.15, 0.2) is 0 Å². The van der Waals surface area contributed by atoms with Gasteiger partial charge in [-0.15, -0.1) is 0 Å². The second kappa shape index (κ2) is 10.6. The van der Waals surface area contributed by atoms with Crippen LogP contribution in [0.2, 0.25) is 0 Å². The normalized spacial score (nSPS) is 32.1. The van der Waals surface area contributed by atoms with Crippen molar-refractivity contribution in [2.24, 2.45) is 50.2 Å². The number of epoxide rings is 1. The van der Waals surface area contributed by atoms with Crippen molar-refractivity contribution < 1.29 is 23.8 Å². The number of rotatable bonds is 10. The zero-order chi connectivity index (χ0) is 30.7. The minimum Gasteiger partial charge on any atom is -0.462 e. The molecule has 40 heavy (non-hydrogen) atoms. The number of hydrogen-bond acceptors (Lipinski definition) is 5. The van der Waals surface area contributed by atoms with Gasteiger partial charge < -0.3 is 14.2 Å². The molecule has 3 fully saturated rings. The van der Waals surface area contributed by atoms with Crippen LogP contribution in [0, 0.1) is 50.2 Å². The summed E-state index contributed by atoms with van der Waals surface area (Å²) >= 11 is 0. The van der Waals surface area contributed by atoms with Crippen LogP contribution in [0.5, 0.6) is 0 Å². The van der Waals surface area contributed by atoms with Gasteiger partial charge in [-0.25, -0.2) is 0 Å². The molecular weight excluding hydrogens is 500 g/mol. The van der Waals surface area contributed by atoms with E-state index >= 15 is 0 Å². The van der Waals surface area contributed by atoms with Crippen molar-refractivity contribution in [2.45, 2.75) is 147 Å². The molecule has 3 aliphatic rings. The molecule has 0 aromatic rings. The van der Waals surface area contributed by atoms with Crippen LogP contribution in [0.25, 0.3) is 0 Å². The first-order valence-corrected chi connectivity index (χ1v) is 15.9. The van der Waals surface area contributed by atoms with Crippen molar-refractivity contribution in [3.05, 3.63) is 0 Å². The summed E-state index contributed by atoms with van der Waals surface area (Å²) in [6.45, 7) is 31.5. The summed E-state index contributed by atoms with van der Waals surface area (Å²) in [5.41, 5.74) is -3.22. The van der Waals surface area contributed by atoms with Crippen molar-refractivity contribution in [3.8, 4) is 0 Å². The van der Waals surface area contributed by atoms with Gasteiger partial charge in [0, 0.05) is 0 Å².